The summed E-state index contributed by atoms with van der Waals surface area (Å²) < 4.78 is 5.75. The molecule has 2 rings (SSSR count). The number of rotatable bonds is 3. The van der Waals surface area contributed by atoms with Crippen LogP contribution in [0.3, 0.4) is 0 Å². The molecule has 0 aliphatic carbocycles. The molecule has 0 N–H and O–H groups in total. The molecule has 2 heterocycles. The summed E-state index contributed by atoms with van der Waals surface area (Å²) in [4.78, 5) is 8.46. The van der Waals surface area contributed by atoms with E-state index in [0.717, 1.165) is 25.3 Å². The Morgan fingerprint density at radius 1 is 1.60 bits per heavy atom. The third-order valence-electron chi connectivity index (χ3n) is 2.47. The fraction of sp³-hybridized carbons (Fsp3) is 0.500. The third kappa shape index (κ3) is 2.55. The molecule has 0 aromatic carbocycles. The fourth-order valence-electron chi connectivity index (χ4n) is 1.65. The number of hydrogen-bond donors (Lipinski definition) is 0. The Balaban J connectivity index is 1.89. The summed E-state index contributed by atoms with van der Waals surface area (Å²) in [6.45, 7) is 2.88. The van der Waals surface area contributed by atoms with E-state index in [1.165, 1.54) is 0 Å². The van der Waals surface area contributed by atoms with E-state index in [1.807, 2.05) is 18.5 Å². The molecule has 2 aliphatic rings. The van der Waals surface area contributed by atoms with E-state index >= 15 is 0 Å². The SMILES string of the molecule is CC/C=C\C1CN=C(C2C=CN=CC2)O1. The van der Waals surface area contributed by atoms with E-state index in [2.05, 4.69) is 29.1 Å². The zero-order valence-corrected chi connectivity index (χ0v) is 8.97. The number of allylic oxidation sites excluding steroid dienone is 1. The molecule has 15 heavy (non-hydrogen) atoms. The van der Waals surface area contributed by atoms with Gasteiger partial charge in [-0.15, -0.1) is 0 Å². The Morgan fingerprint density at radius 2 is 2.53 bits per heavy atom. The van der Waals surface area contributed by atoms with Crippen molar-refractivity contribution in [1.82, 2.24) is 0 Å². The van der Waals surface area contributed by atoms with Crippen LogP contribution >= 0.6 is 0 Å². The topological polar surface area (TPSA) is 34.0 Å². The molecule has 2 unspecified atom stereocenters. The quantitative estimate of drug-likeness (QED) is 0.650. The fourth-order valence-corrected chi connectivity index (χ4v) is 1.65. The highest BCUT2D eigenvalue weighted by Gasteiger charge is 2.23. The molecule has 3 heteroatoms. The molecule has 0 saturated heterocycles. The molecular weight excluding hydrogens is 188 g/mol. The summed E-state index contributed by atoms with van der Waals surface area (Å²) in [5, 5.41) is 0. The van der Waals surface area contributed by atoms with Gasteiger partial charge in [-0.1, -0.05) is 19.1 Å². The van der Waals surface area contributed by atoms with Crippen molar-refractivity contribution in [1.29, 1.82) is 0 Å². The van der Waals surface area contributed by atoms with Crippen molar-refractivity contribution >= 4 is 12.1 Å². The van der Waals surface area contributed by atoms with Crippen molar-refractivity contribution in [3.05, 3.63) is 24.4 Å². The average Bonchev–Trinajstić information content (AvgIpc) is 2.76. The van der Waals surface area contributed by atoms with Crippen LogP contribution in [-0.4, -0.2) is 24.8 Å². The lowest BCUT2D eigenvalue weighted by molar-refractivity contribution is 0.261. The van der Waals surface area contributed by atoms with E-state index < -0.39 is 0 Å². The van der Waals surface area contributed by atoms with Crippen molar-refractivity contribution in [3.8, 4) is 0 Å². The van der Waals surface area contributed by atoms with Crippen LogP contribution in [0.25, 0.3) is 0 Å². The lowest BCUT2D eigenvalue weighted by Gasteiger charge is -2.13. The van der Waals surface area contributed by atoms with Gasteiger partial charge in [-0.05, 0) is 18.9 Å². The highest BCUT2D eigenvalue weighted by molar-refractivity contribution is 5.85. The molecule has 0 amide bonds. The first-order valence-corrected chi connectivity index (χ1v) is 5.46. The Bertz CT molecular complexity index is 329. The molecular formula is C12H16N2O. The zero-order chi connectivity index (χ0) is 10.5. The van der Waals surface area contributed by atoms with Gasteiger partial charge >= 0.3 is 0 Å². The standard InChI is InChI=1S/C12H16N2O/c1-2-3-4-11-9-14-12(15-11)10-5-7-13-8-6-10/h3-5,7-8,10-11H,2,6,9H2,1H3/b4-3-. The molecule has 3 nitrogen and oxygen atoms in total. The van der Waals surface area contributed by atoms with Crippen LogP contribution in [0.5, 0.6) is 0 Å². The van der Waals surface area contributed by atoms with Crippen LogP contribution in [0.4, 0.5) is 0 Å². The van der Waals surface area contributed by atoms with Gasteiger partial charge in [-0.3, -0.25) is 9.98 Å². The monoisotopic (exact) mass is 204 g/mol. The van der Waals surface area contributed by atoms with Gasteiger partial charge in [0.25, 0.3) is 0 Å². The summed E-state index contributed by atoms with van der Waals surface area (Å²) in [6, 6.07) is 0. The average molecular weight is 204 g/mol. The zero-order valence-electron chi connectivity index (χ0n) is 8.97. The van der Waals surface area contributed by atoms with Crippen molar-refractivity contribution in [2.24, 2.45) is 15.9 Å². The largest absolute Gasteiger partial charge is 0.471 e. The van der Waals surface area contributed by atoms with E-state index in [4.69, 9.17) is 4.74 Å². The predicted octanol–water partition coefficient (Wildman–Crippen LogP) is 2.35. The van der Waals surface area contributed by atoms with Crippen molar-refractivity contribution < 1.29 is 4.74 Å². The molecule has 0 aromatic heterocycles. The Labute approximate surface area is 90.3 Å². The van der Waals surface area contributed by atoms with Crippen LogP contribution in [0, 0.1) is 5.92 Å². The van der Waals surface area contributed by atoms with Gasteiger partial charge in [0.2, 0.25) is 0 Å². The second kappa shape index (κ2) is 4.91. The van der Waals surface area contributed by atoms with Gasteiger partial charge in [0.05, 0.1) is 12.5 Å². The molecule has 0 fully saturated rings. The van der Waals surface area contributed by atoms with E-state index in [1.54, 1.807) is 0 Å². The summed E-state index contributed by atoms with van der Waals surface area (Å²) in [5.74, 6) is 1.16. The first-order chi connectivity index (χ1) is 7.40. The number of aliphatic imine (C=N–C) groups is 2. The van der Waals surface area contributed by atoms with Gasteiger partial charge in [-0.2, -0.15) is 0 Å². The predicted molar refractivity (Wildman–Crippen MR) is 62.3 cm³/mol. The second-order valence-electron chi connectivity index (χ2n) is 3.69. The van der Waals surface area contributed by atoms with Crippen LogP contribution in [-0.2, 0) is 4.74 Å². The van der Waals surface area contributed by atoms with E-state index in [-0.39, 0.29) is 6.10 Å². The molecule has 2 atom stereocenters. The lowest BCUT2D eigenvalue weighted by Crippen LogP contribution is -2.18. The first kappa shape index (κ1) is 10.1. The first-order valence-electron chi connectivity index (χ1n) is 5.46. The maximum atomic E-state index is 5.75. The molecule has 0 spiro atoms. The summed E-state index contributed by atoms with van der Waals surface area (Å²) in [7, 11) is 0. The van der Waals surface area contributed by atoms with Crippen molar-refractivity contribution in [2.75, 3.05) is 6.54 Å². The maximum absolute atomic E-state index is 5.75. The van der Waals surface area contributed by atoms with Gasteiger partial charge < -0.3 is 4.74 Å². The van der Waals surface area contributed by atoms with E-state index in [0.29, 0.717) is 5.92 Å². The molecule has 80 valence electrons. The highest BCUT2D eigenvalue weighted by atomic mass is 16.5. The smallest absolute Gasteiger partial charge is 0.191 e. The number of hydrogen-bond acceptors (Lipinski definition) is 3. The van der Waals surface area contributed by atoms with Crippen LogP contribution in [0.15, 0.2) is 34.4 Å². The van der Waals surface area contributed by atoms with Gasteiger partial charge in [0, 0.05) is 12.4 Å². The second-order valence-corrected chi connectivity index (χ2v) is 3.69. The molecule has 0 bridgehead atoms. The molecule has 0 saturated carbocycles. The lowest BCUT2D eigenvalue weighted by atomic mass is 10.1. The minimum atomic E-state index is 0.146. The van der Waals surface area contributed by atoms with E-state index in [9.17, 15) is 0 Å². The van der Waals surface area contributed by atoms with Gasteiger partial charge in [-0.25, -0.2) is 0 Å². The van der Waals surface area contributed by atoms with Crippen molar-refractivity contribution in [3.63, 3.8) is 0 Å². The van der Waals surface area contributed by atoms with Crippen LogP contribution < -0.4 is 0 Å². The highest BCUT2D eigenvalue weighted by Crippen LogP contribution is 2.18. The third-order valence-corrected chi connectivity index (χ3v) is 2.47. The minimum absolute atomic E-state index is 0.146. The Morgan fingerprint density at radius 3 is 3.27 bits per heavy atom. The number of nitrogens with zero attached hydrogens (tertiary/aromatic N) is 2. The summed E-state index contributed by atoms with van der Waals surface area (Å²) >= 11 is 0. The normalized spacial score (nSPS) is 29.5. The Hall–Kier alpha value is -1.38. The Kier molecular flexibility index (Phi) is 3.33. The maximum Gasteiger partial charge on any atom is 0.191 e. The minimum Gasteiger partial charge on any atom is -0.471 e. The van der Waals surface area contributed by atoms with Gasteiger partial charge in [0.15, 0.2) is 5.90 Å². The molecule has 2 aliphatic heterocycles. The summed E-state index contributed by atoms with van der Waals surface area (Å²) in [6.07, 6.45) is 12.1. The van der Waals surface area contributed by atoms with Crippen LogP contribution in [0.2, 0.25) is 0 Å². The number of ether oxygens (including phenoxy) is 1. The van der Waals surface area contributed by atoms with Crippen molar-refractivity contribution in [2.45, 2.75) is 25.9 Å². The van der Waals surface area contributed by atoms with Gasteiger partial charge in [0.1, 0.15) is 6.10 Å². The molecule has 0 radical (unpaired) electrons. The van der Waals surface area contributed by atoms with Crippen LogP contribution in [0.1, 0.15) is 19.8 Å². The molecule has 0 aromatic rings. The summed E-state index contributed by atoms with van der Waals surface area (Å²) in [5.41, 5.74) is 0.